The third-order valence-corrected chi connectivity index (χ3v) is 3.00. The lowest BCUT2D eigenvalue weighted by Gasteiger charge is -2.17. The van der Waals surface area contributed by atoms with Gasteiger partial charge in [0.15, 0.2) is 0 Å². The number of nitrogens with one attached hydrogen (secondary N) is 2. The zero-order valence-electron chi connectivity index (χ0n) is 13.0. The van der Waals surface area contributed by atoms with Crippen LogP contribution in [-0.2, 0) is 19.1 Å². The van der Waals surface area contributed by atoms with E-state index in [0.717, 1.165) is 5.56 Å². The van der Waals surface area contributed by atoms with Crippen molar-refractivity contribution in [3.63, 3.8) is 0 Å². The minimum atomic E-state index is -0.707. The van der Waals surface area contributed by atoms with E-state index in [2.05, 4.69) is 10.6 Å². The lowest BCUT2D eigenvalue weighted by molar-refractivity contribution is -0.139. The molecule has 1 aromatic rings. The van der Waals surface area contributed by atoms with Crippen molar-refractivity contribution >= 4 is 11.8 Å². The Morgan fingerprint density at radius 1 is 1.14 bits per heavy atom. The maximum atomic E-state index is 11.7. The number of benzene rings is 1. The molecule has 0 radical (unpaired) electrons. The Hall–Kier alpha value is -2.12. The van der Waals surface area contributed by atoms with Crippen LogP contribution in [0.15, 0.2) is 24.3 Å². The molecular weight excluding hydrogens is 288 g/mol. The zero-order chi connectivity index (χ0) is 16.4. The minimum Gasteiger partial charge on any atom is -0.497 e. The summed E-state index contributed by atoms with van der Waals surface area (Å²) in [6.45, 7) is 0.816. The van der Waals surface area contributed by atoms with E-state index >= 15 is 0 Å². The number of amides is 2. The predicted molar refractivity (Wildman–Crippen MR) is 80.6 cm³/mol. The van der Waals surface area contributed by atoms with E-state index in [1.807, 2.05) is 24.3 Å². The van der Waals surface area contributed by atoms with Crippen LogP contribution in [0.1, 0.15) is 11.7 Å². The molecule has 0 heterocycles. The number of methoxy groups -OCH3 is 3. The first-order valence-electron chi connectivity index (χ1n) is 6.84. The normalized spacial score (nSPS) is 11.6. The first kappa shape index (κ1) is 17.9. The van der Waals surface area contributed by atoms with Gasteiger partial charge in [-0.05, 0) is 17.7 Å². The van der Waals surface area contributed by atoms with Crippen LogP contribution in [0.5, 0.6) is 5.75 Å². The molecule has 0 spiro atoms. The maximum Gasteiger partial charge on any atom is 0.309 e. The monoisotopic (exact) mass is 310 g/mol. The summed E-state index contributed by atoms with van der Waals surface area (Å²) in [6.07, 6.45) is -0.370. The number of carbonyl (C=O) groups excluding carboxylic acids is 2. The Morgan fingerprint density at radius 3 is 2.50 bits per heavy atom. The first-order valence-corrected chi connectivity index (χ1v) is 6.84. The highest BCUT2D eigenvalue weighted by molar-refractivity contribution is 6.35. The van der Waals surface area contributed by atoms with Crippen molar-refractivity contribution in [2.45, 2.75) is 6.10 Å². The fourth-order valence-electron chi connectivity index (χ4n) is 1.79. The Kier molecular flexibility index (Phi) is 7.95. The van der Waals surface area contributed by atoms with Crippen molar-refractivity contribution in [2.24, 2.45) is 0 Å². The van der Waals surface area contributed by atoms with Crippen molar-refractivity contribution in [3.05, 3.63) is 29.8 Å². The second-order valence-corrected chi connectivity index (χ2v) is 4.46. The van der Waals surface area contributed by atoms with Crippen molar-refractivity contribution in [3.8, 4) is 5.75 Å². The molecule has 0 aliphatic carbocycles. The highest BCUT2D eigenvalue weighted by Gasteiger charge is 2.17. The number of carbonyl (C=O) groups is 2. The van der Waals surface area contributed by atoms with E-state index < -0.39 is 11.8 Å². The average molecular weight is 310 g/mol. The fraction of sp³-hybridized carbons (Fsp3) is 0.467. The molecule has 1 aromatic carbocycles. The van der Waals surface area contributed by atoms with Gasteiger partial charge in [-0.2, -0.15) is 0 Å². The van der Waals surface area contributed by atoms with E-state index in [9.17, 15) is 9.59 Å². The molecule has 22 heavy (non-hydrogen) atoms. The molecule has 7 heteroatoms. The van der Waals surface area contributed by atoms with Crippen LogP contribution >= 0.6 is 0 Å². The molecule has 1 atom stereocenters. The molecule has 1 rings (SSSR count). The molecule has 1 unspecified atom stereocenters. The van der Waals surface area contributed by atoms with Crippen molar-refractivity contribution in [1.29, 1.82) is 0 Å². The maximum absolute atomic E-state index is 11.7. The third kappa shape index (κ3) is 5.71. The number of hydrogen-bond donors (Lipinski definition) is 2. The lowest BCUT2D eigenvalue weighted by atomic mass is 10.1. The van der Waals surface area contributed by atoms with E-state index in [0.29, 0.717) is 12.4 Å². The second kappa shape index (κ2) is 9.75. The van der Waals surface area contributed by atoms with Gasteiger partial charge < -0.3 is 24.8 Å². The van der Waals surface area contributed by atoms with Gasteiger partial charge in [-0.3, -0.25) is 9.59 Å². The summed E-state index contributed by atoms with van der Waals surface area (Å²) in [6, 6.07) is 7.33. The molecule has 0 saturated heterocycles. The van der Waals surface area contributed by atoms with Crippen LogP contribution in [0, 0.1) is 0 Å². The largest absolute Gasteiger partial charge is 0.497 e. The molecule has 0 bridgehead atoms. The van der Waals surface area contributed by atoms with Crippen LogP contribution in [0.3, 0.4) is 0 Å². The molecule has 0 fully saturated rings. The molecular formula is C15H22N2O5. The standard InChI is InChI=1S/C15H22N2O5/c1-20-8-7-16-14(18)15(19)17-10-13(22-3)11-5-4-6-12(9-11)21-2/h4-6,9,13H,7-8,10H2,1-3H3,(H,16,18)(H,17,19). The topological polar surface area (TPSA) is 85.9 Å². The van der Waals surface area contributed by atoms with E-state index in [-0.39, 0.29) is 19.2 Å². The van der Waals surface area contributed by atoms with Gasteiger partial charge in [-0.15, -0.1) is 0 Å². The van der Waals surface area contributed by atoms with E-state index in [4.69, 9.17) is 14.2 Å². The Balaban J connectivity index is 2.52. The van der Waals surface area contributed by atoms with E-state index in [1.54, 1.807) is 7.11 Å². The van der Waals surface area contributed by atoms with Gasteiger partial charge in [0, 0.05) is 27.3 Å². The zero-order valence-corrected chi connectivity index (χ0v) is 13.0. The molecule has 7 nitrogen and oxygen atoms in total. The molecule has 2 N–H and O–H groups in total. The summed E-state index contributed by atoms with van der Waals surface area (Å²) in [5.74, 6) is -0.707. The molecule has 2 amide bonds. The van der Waals surface area contributed by atoms with Crippen LogP contribution in [0.4, 0.5) is 0 Å². The molecule has 0 aliphatic rings. The third-order valence-electron chi connectivity index (χ3n) is 3.00. The Labute approximate surface area is 129 Å². The van der Waals surface area contributed by atoms with Gasteiger partial charge >= 0.3 is 11.8 Å². The van der Waals surface area contributed by atoms with E-state index in [1.165, 1.54) is 14.2 Å². The highest BCUT2D eigenvalue weighted by Crippen LogP contribution is 2.20. The van der Waals surface area contributed by atoms with Gasteiger partial charge in [-0.1, -0.05) is 12.1 Å². The molecule has 0 aliphatic heterocycles. The molecule has 0 saturated carbocycles. The number of hydrogen-bond acceptors (Lipinski definition) is 5. The average Bonchev–Trinajstić information content (AvgIpc) is 2.55. The second-order valence-electron chi connectivity index (χ2n) is 4.46. The number of rotatable bonds is 8. The Morgan fingerprint density at radius 2 is 1.86 bits per heavy atom. The lowest BCUT2D eigenvalue weighted by Crippen LogP contribution is -2.42. The minimum absolute atomic E-state index is 0.181. The van der Waals surface area contributed by atoms with Crippen LogP contribution in [-0.4, -0.2) is 52.8 Å². The summed E-state index contributed by atoms with van der Waals surface area (Å²) >= 11 is 0. The van der Waals surface area contributed by atoms with Gasteiger partial charge in [-0.25, -0.2) is 0 Å². The SMILES string of the molecule is COCCNC(=O)C(=O)NCC(OC)c1cccc(OC)c1. The predicted octanol–water partition coefficient (Wildman–Crippen LogP) is 0.262. The van der Waals surface area contributed by atoms with Crippen LogP contribution in [0.25, 0.3) is 0 Å². The summed E-state index contributed by atoms with van der Waals surface area (Å²) in [7, 11) is 4.63. The van der Waals surface area contributed by atoms with Crippen molar-refractivity contribution < 1.29 is 23.8 Å². The quantitative estimate of drug-likeness (QED) is 0.531. The fourth-order valence-corrected chi connectivity index (χ4v) is 1.79. The summed E-state index contributed by atoms with van der Waals surface area (Å²) in [4.78, 5) is 23.2. The van der Waals surface area contributed by atoms with Gasteiger partial charge in [0.1, 0.15) is 5.75 Å². The van der Waals surface area contributed by atoms with Gasteiger partial charge in [0.25, 0.3) is 0 Å². The molecule has 122 valence electrons. The first-order chi connectivity index (χ1) is 10.6. The van der Waals surface area contributed by atoms with Gasteiger partial charge in [0.05, 0.1) is 19.8 Å². The smallest absolute Gasteiger partial charge is 0.309 e. The number of ether oxygens (including phenoxy) is 3. The van der Waals surface area contributed by atoms with Gasteiger partial charge in [0.2, 0.25) is 0 Å². The Bertz CT molecular complexity index is 493. The summed E-state index contributed by atoms with van der Waals surface area (Å²) in [5, 5.41) is 4.99. The van der Waals surface area contributed by atoms with Crippen LogP contribution in [0.2, 0.25) is 0 Å². The van der Waals surface area contributed by atoms with Crippen molar-refractivity contribution in [1.82, 2.24) is 10.6 Å². The summed E-state index contributed by atoms with van der Waals surface area (Å²) in [5.41, 5.74) is 0.849. The van der Waals surface area contributed by atoms with Crippen molar-refractivity contribution in [2.75, 3.05) is 41.0 Å². The van der Waals surface area contributed by atoms with Crippen LogP contribution < -0.4 is 15.4 Å². The highest BCUT2D eigenvalue weighted by atomic mass is 16.5. The molecule has 0 aromatic heterocycles. The summed E-state index contributed by atoms with van der Waals surface area (Å²) < 4.78 is 15.3.